The molecular formula is C36H39ClF3N7O3. The second-order valence-electron chi connectivity index (χ2n) is 13.6. The highest BCUT2D eigenvalue weighted by atomic mass is 35.5. The van der Waals surface area contributed by atoms with Gasteiger partial charge in [-0.3, -0.25) is 4.79 Å². The van der Waals surface area contributed by atoms with E-state index in [0.717, 1.165) is 44.1 Å². The number of halogens is 4. The first-order valence-electron chi connectivity index (χ1n) is 16.9. The van der Waals surface area contributed by atoms with Gasteiger partial charge in [-0.25, -0.2) is 4.68 Å². The lowest BCUT2D eigenvalue weighted by Crippen LogP contribution is -2.41. The predicted molar refractivity (Wildman–Crippen MR) is 183 cm³/mol. The summed E-state index contributed by atoms with van der Waals surface area (Å²) in [4.78, 5) is 23.2. The third-order valence-electron chi connectivity index (χ3n) is 10.1. The molecule has 7 rings (SSSR count). The highest BCUT2D eigenvalue weighted by Crippen LogP contribution is 2.43. The van der Waals surface area contributed by atoms with Crippen molar-refractivity contribution in [2.75, 3.05) is 30.3 Å². The summed E-state index contributed by atoms with van der Waals surface area (Å²) in [7, 11) is 0. The molecule has 10 nitrogen and oxygen atoms in total. The Morgan fingerprint density at radius 2 is 1.76 bits per heavy atom. The van der Waals surface area contributed by atoms with Crippen molar-refractivity contribution in [3.63, 3.8) is 0 Å². The fraction of sp³-hybridized carbons (Fsp3) is 0.444. The zero-order chi connectivity index (χ0) is 35.0. The van der Waals surface area contributed by atoms with Crippen molar-refractivity contribution in [2.45, 2.75) is 76.3 Å². The van der Waals surface area contributed by atoms with Crippen molar-refractivity contribution < 1.29 is 27.4 Å². The number of piperidine rings is 1. The molecule has 2 aliphatic heterocycles. The quantitative estimate of drug-likeness (QED) is 0.187. The van der Waals surface area contributed by atoms with Crippen LogP contribution in [0.3, 0.4) is 0 Å². The molecule has 1 aliphatic carbocycles. The number of nitrogen functional groups attached to an aromatic ring is 1. The summed E-state index contributed by atoms with van der Waals surface area (Å²) in [5.41, 5.74) is 8.13. The minimum atomic E-state index is -4.82. The van der Waals surface area contributed by atoms with Crippen LogP contribution in [0.2, 0.25) is 5.02 Å². The monoisotopic (exact) mass is 709 g/mol. The zero-order valence-corrected chi connectivity index (χ0v) is 28.4. The predicted octanol–water partition coefficient (Wildman–Crippen LogP) is 6.99. The number of carbonyl (C=O) groups is 1. The maximum Gasteiger partial charge on any atom is 0.429 e. The lowest BCUT2D eigenvalue weighted by molar-refractivity contribution is -0.198. The normalized spacial score (nSPS) is 19.9. The number of esters is 1. The highest BCUT2D eigenvalue weighted by Gasteiger charge is 2.46. The molecule has 1 saturated carbocycles. The third-order valence-corrected chi connectivity index (χ3v) is 10.3. The lowest BCUT2D eigenvalue weighted by Gasteiger charge is -2.39. The van der Waals surface area contributed by atoms with Crippen LogP contribution in [0.25, 0.3) is 16.8 Å². The molecule has 4 aromatic rings. The Morgan fingerprint density at radius 1 is 1.04 bits per heavy atom. The number of alkyl halides is 3. The molecule has 3 fully saturated rings. The molecule has 0 radical (unpaired) electrons. The van der Waals surface area contributed by atoms with Gasteiger partial charge in [0.2, 0.25) is 17.9 Å². The highest BCUT2D eigenvalue weighted by molar-refractivity contribution is 6.30. The van der Waals surface area contributed by atoms with E-state index in [1.54, 1.807) is 55.6 Å². The molecule has 1 spiro atoms. The van der Waals surface area contributed by atoms with Crippen LogP contribution in [-0.4, -0.2) is 63.7 Å². The zero-order valence-electron chi connectivity index (χ0n) is 27.6. The molecule has 264 valence electrons. The number of carbonyl (C=O) groups excluding carboxylic acids is 1. The number of aromatic nitrogens is 4. The van der Waals surface area contributed by atoms with Gasteiger partial charge >= 0.3 is 12.1 Å². The maximum atomic E-state index is 14.9. The lowest BCUT2D eigenvalue weighted by atomic mass is 9.76. The summed E-state index contributed by atoms with van der Waals surface area (Å²) in [6.07, 6.45) is 0.696. The first kappa shape index (κ1) is 34.1. The molecule has 0 amide bonds. The van der Waals surface area contributed by atoms with E-state index >= 15 is 0 Å². The Balaban J connectivity index is 1.10. The van der Waals surface area contributed by atoms with Crippen molar-refractivity contribution >= 4 is 29.3 Å². The van der Waals surface area contributed by atoms with Gasteiger partial charge in [-0.15, -0.1) is 0 Å². The summed E-state index contributed by atoms with van der Waals surface area (Å²) in [6.45, 7) is 3.63. The number of hydrogen-bond donors (Lipinski definition) is 2. The molecule has 3 aliphatic rings. The van der Waals surface area contributed by atoms with Crippen LogP contribution < -0.4 is 20.7 Å². The molecule has 2 saturated heterocycles. The van der Waals surface area contributed by atoms with E-state index < -0.39 is 12.3 Å². The number of nitrogens with zero attached hydrogens (tertiary/aromatic N) is 5. The van der Waals surface area contributed by atoms with Crippen LogP contribution in [0, 0.1) is 12.3 Å². The standard InChI is InChI=1S/C36H39ClF3N7O3/c1-22-12-15-47(45-22)29-18-24(23-6-9-25(37)10-7-23)8-11-27(29)32(36(38,39)40)50-31-19-30(43-34(41)44-31)46-16-13-35(14-17-46)20-28(42-21-35)33(48)49-26-4-2-3-5-26/h6-12,15,18-19,26,28,32,42H,2-5,13-14,16-17,20-21H2,1H3,(H2,41,43,44)/t28?,32-/m1/s1. The van der Waals surface area contributed by atoms with Crippen LogP contribution in [0.15, 0.2) is 60.8 Å². The minimum Gasteiger partial charge on any atom is -0.461 e. The Morgan fingerprint density at radius 3 is 2.44 bits per heavy atom. The SMILES string of the molecule is Cc1ccn(-c2cc(-c3ccc(Cl)cc3)ccc2[C@@H](Oc2cc(N3CCC4(CC3)CNC(C(=O)OC3CCCC3)C4)nc(N)n2)C(F)(F)F)n1. The maximum absolute atomic E-state index is 14.9. The van der Waals surface area contributed by atoms with Crippen LogP contribution >= 0.6 is 11.6 Å². The summed E-state index contributed by atoms with van der Waals surface area (Å²) in [5, 5.41) is 8.33. The Bertz CT molecular complexity index is 1840. The Hall–Kier alpha value is -4.36. The summed E-state index contributed by atoms with van der Waals surface area (Å²) < 4.78 is 57.5. The largest absolute Gasteiger partial charge is 0.461 e. The number of rotatable bonds is 8. The molecule has 1 unspecified atom stereocenters. The molecule has 0 bridgehead atoms. The summed E-state index contributed by atoms with van der Waals surface area (Å²) in [6, 6.07) is 14.5. The van der Waals surface area contributed by atoms with E-state index in [4.69, 9.17) is 26.8 Å². The second kappa shape index (κ2) is 13.7. The van der Waals surface area contributed by atoms with Crippen molar-refractivity contribution in [1.82, 2.24) is 25.1 Å². The van der Waals surface area contributed by atoms with Gasteiger partial charge in [0, 0.05) is 42.5 Å². The van der Waals surface area contributed by atoms with Crippen molar-refractivity contribution in [2.24, 2.45) is 5.41 Å². The van der Waals surface area contributed by atoms with Gasteiger partial charge in [0.05, 0.1) is 11.4 Å². The Kier molecular flexibility index (Phi) is 9.38. The molecular weight excluding hydrogens is 671 g/mol. The second-order valence-corrected chi connectivity index (χ2v) is 14.0. The van der Waals surface area contributed by atoms with Gasteiger partial charge < -0.3 is 25.4 Å². The number of benzene rings is 2. The van der Waals surface area contributed by atoms with Gasteiger partial charge in [-0.05, 0) is 92.7 Å². The Labute approximate surface area is 293 Å². The van der Waals surface area contributed by atoms with Gasteiger partial charge in [0.1, 0.15) is 18.0 Å². The van der Waals surface area contributed by atoms with Gasteiger partial charge in [0.25, 0.3) is 0 Å². The molecule has 4 heterocycles. The number of nitrogens with one attached hydrogen (secondary N) is 1. The van der Waals surface area contributed by atoms with Crippen LogP contribution in [0.1, 0.15) is 62.3 Å². The summed E-state index contributed by atoms with van der Waals surface area (Å²) in [5.74, 6) is -0.285. The number of hydrogen-bond acceptors (Lipinski definition) is 9. The van der Waals surface area contributed by atoms with Gasteiger partial charge in [-0.1, -0.05) is 35.9 Å². The molecule has 2 atom stereocenters. The number of ether oxygens (including phenoxy) is 2. The minimum absolute atomic E-state index is 0.0225. The molecule has 2 aromatic carbocycles. The first-order valence-corrected chi connectivity index (χ1v) is 17.3. The van der Waals surface area contributed by atoms with Crippen molar-refractivity contribution in [3.05, 3.63) is 77.1 Å². The van der Waals surface area contributed by atoms with E-state index in [1.165, 1.54) is 16.8 Å². The molecule has 50 heavy (non-hydrogen) atoms. The number of nitrogens with two attached hydrogens (primary N) is 1. The van der Waals surface area contributed by atoms with E-state index in [1.807, 2.05) is 4.90 Å². The van der Waals surface area contributed by atoms with Crippen LogP contribution in [0.4, 0.5) is 24.9 Å². The third kappa shape index (κ3) is 7.39. The van der Waals surface area contributed by atoms with E-state index in [2.05, 4.69) is 20.4 Å². The smallest absolute Gasteiger partial charge is 0.429 e. The molecule has 14 heteroatoms. The van der Waals surface area contributed by atoms with E-state index in [9.17, 15) is 18.0 Å². The molecule has 2 aromatic heterocycles. The summed E-state index contributed by atoms with van der Waals surface area (Å²) >= 11 is 6.07. The van der Waals surface area contributed by atoms with Crippen molar-refractivity contribution in [3.8, 4) is 22.7 Å². The average Bonchev–Trinajstić information content (AvgIpc) is 3.86. The fourth-order valence-corrected chi connectivity index (χ4v) is 7.47. The van der Waals surface area contributed by atoms with Gasteiger partial charge in [-0.2, -0.15) is 28.2 Å². The van der Waals surface area contributed by atoms with Crippen LogP contribution in [0.5, 0.6) is 5.88 Å². The number of anilines is 2. The average molecular weight is 710 g/mol. The topological polar surface area (TPSA) is 120 Å². The fourth-order valence-electron chi connectivity index (χ4n) is 7.34. The first-order chi connectivity index (χ1) is 23.9. The van der Waals surface area contributed by atoms with Gasteiger partial charge in [0.15, 0.2) is 0 Å². The van der Waals surface area contributed by atoms with E-state index in [0.29, 0.717) is 48.2 Å². The van der Waals surface area contributed by atoms with Crippen LogP contribution in [-0.2, 0) is 9.53 Å². The van der Waals surface area contributed by atoms with Crippen molar-refractivity contribution in [1.29, 1.82) is 0 Å². The molecule has 3 N–H and O–H groups in total. The number of aryl methyl sites for hydroxylation is 1. The van der Waals surface area contributed by atoms with E-state index in [-0.39, 0.29) is 46.6 Å².